The van der Waals surface area contributed by atoms with E-state index < -0.39 is 60.0 Å². The summed E-state index contributed by atoms with van der Waals surface area (Å²) in [7, 11) is 0. The molecule has 20 heteroatoms. The molecule has 4 aromatic rings. The average molecular weight is 1130 g/mol. The van der Waals surface area contributed by atoms with Crippen molar-refractivity contribution in [3.63, 3.8) is 0 Å². The number of aromatic nitrogens is 2. The van der Waals surface area contributed by atoms with Gasteiger partial charge in [-0.05, 0) is 121 Å². The second kappa shape index (κ2) is 23.2. The Morgan fingerprint density at radius 2 is 1.02 bits per heavy atom. The molecule has 8 fully saturated rings. The fourth-order valence-electron chi connectivity index (χ4n) is 15.4. The molecular weight excluding hydrogens is 1040 g/mol. The Kier molecular flexibility index (Phi) is 16.2. The van der Waals surface area contributed by atoms with Crippen LogP contribution in [0.3, 0.4) is 0 Å². The number of hydrogen-bond donors (Lipinski definition) is 7. The Morgan fingerprint density at radius 1 is 0.598 bits per heavy atom. The number of nitrogens with two attached hydrogens (primary N) is 2. The first-order chi connectivity index (χ1) is 39.3. The molecule has 0 spiro atoms. The summed E-state index contributed by atoms with van der Waals surface area (Å²) in [6.07, 6.45) is 15.7. The first-order valence-electron chi connectivity index (χ1n) is 30.6. The van der Waals surface area contributed by atoms with Crippen LogP contribution in [-0.4, -0.2) is 122 Å². The fourth-order valence-corrected chi connectivity index (χ4v) is 15.4. The van der Waals surface area contributed by atoms with Crippen molar-refractivity contribution < 1.29 is 47.5 Å². The van der Waals surface area contributed by atoms with Crippen LogP contribution in [0.4, 0.5) is 12.0 Å². The highest BCUT2D eigenvalue weighted by Gasteiger charge is 2.71. The largest absolute Gasteiger partial charge is 0.424 e. The molecule has 20 nitrogen and oxygen atoms in total. The van der Waals surface area contributed by atoms with Gasteiger partial charge in [0, 0.05) is 13.1 Å². The maximum absolute atomic E-state index is 14.4. The van der Waals surface area contributed by atoms with Crippen LogP contribution in [0.15, 0.2) is 57.4 Å². The fraction of sp³-hybridized carbons (Fsp3) is 0.661. The highest BCUT2D eigenvalue weighted by atomic mass is 16.4. The maximum atomic E-state index is 14.4. The standard InChI is InChI=1S/C31H43N5O5.C31H41N5O5/c2*1-31(2)19-16-36(25(23(19)31)28(39)33-21(26(37)27(32)38)15-17-9-8-10-17)29(40)24(18-11-4-3-5-12-18)35-30-34-20-13-6-7-14-22(20)41-30/h6-7,13-14,17-19,21,23-26,37H,3-5,8-12,15-16H2,1-2H3,(H2,32,38)(H,33,39)(H,34,35);6-7,13-14,17-19,21,23-25H,3-5,8-12,15-16H2,1-2H3,(H2,32,38)(H,33,39)(H,34,35)/t19-,21?,23?,24-,25-,26?;19-,21?,23?,24-,25-/m00/s1. The number of amides is 6. The molecule has 82 heavy (non-hydrogen) atoms. The normalized spacial score (nSPS) is 27.4. The number of piperidine rings is 2. The Balaban J connectivity index is 0.000000172. The zero-order valence-corrected chi connectivity index (χ0v) is 48.0. The SMILES string of the molecule is CC1(C)C2[C@@H](C(=O)NC(CC3CCC3)C(=O)C(N)=O)N(C(=O)[C@@H](Nc3nc4ccccc4o3)C3CCCCC3)C[C@@H]21.CC1(C)C2[C@@H](C(=O)NC(CC3CCC3)C(O)C(N)=O)N(C(=O)[C@@H](Nc3nc4ccccc4o3)C3CCCCC3)C[C@@H]21. The molecule has 4 heterocycles. The van der Waals surface area contributed by atoms with Crippen molar-refractivity contribution in [3.8, 4) is 0 Å². The highest BCUT2D eigenvalue weighted by Crippen LogP contribution is 2.66. The lowest BCUT2D eigenvalue weighted by Gasteiger charge is -2.37. The number of carbonyl (C=O) groups is 7. The molecule has 0 radical (unpaired) electrons. The summed E-state index contributed by atoms with van der Waals surface area (Å²) in [6, 6.07) is 11.3. The number of primary amides is 2. The van der Waals surface area contributed by atoms with E-state index in [1.807, 2.05) is 48.5 Å². The van der Waals surface area contributed by atoms with Gasteiger partial charge in [-0.1, -0.05) is 129 Å². The lowest BCUT2D eigenvalue weighted by Crippen LogP contribution is -2.59. The predicted octanol–water partition coefficient (Wildman–Crippen LogP) is 6.59. The van der Waals surface area contributed by atoms with Gasteiger partial charge in [-0.3, -0.25) is 33.6 Å². The van der Waals surface area contributed by atoms with Crippen LogP contribution in [0, 0.1) is 58.2 Å². The van der Waals surface area contributed by atoms with Crippen LogP contribution in [0.5, 0.6) is 0 Å². The van der Waals surface area contributed by atoms with Crippen molar-refractivity contribution in [2.45, 2.75) is 186 Å². The summed E-state index contributed by atoms with van der Waals surface area (Å²) >= 11 is 0. The number of nitrogens with one attached hydrogen (secondary N) is 4. The Morgan fingerprint density at radius 3 is 1.43 bits per heavy atom. The number of aliphatic hydroxyl groups is 1. The van der Waals surface area contributed by atoms with Crippen LogP contribution in [0.25, 0.3) is 22.2 Å². The summed E-state index contributed by atoms with van der Waals surface area (Å²) < 4.78 is 11.9. The van der Waals surface area contributed by atoms with Crippen LogP contribution in [0.1, 0.15) is 143 Å². The van der Waals surface area contributed by atoms with Gasteiger partial charge in [-0.2, -0.15) is 9.97 Å². The number of Topliss-reactive ketones (excluding diaryl/α,β-unsaturated/α-hetero) is 1. The molecular formula is C62H84N10O10. The van der Waals surface area contributed by atoms with Crippen LogP contribution >= 0.6 is 0 Å². The third-order valence-electron chi connectivity index (χ3n) is 20.9. The van der Waals surface area contributed by atoms with E-state index in [2.05, 4.69) is 58.9 Å². The van der Waals surface area contributed by atoms with E-state index in [1.165, 1.54) is 0 Å². The van der Waals surface area contributed by atoms with Crippen molar-refractivity contribution in [1.29, 1.82) is 0 Å². The van der Waals surface area contributed by atoms with E-state index in [0.717, 1.165) is 108 Å². The van der Waals surface area contributed by atoms with Gasteiger partial charge < -0.3 is 56.5 Å². The molecule has 5 unspecified atom stereocenters. The van der Waals surface area contributed by atoms with Crippen molar-refractivity contribution in [2.24, 2.45) is 69.6 Å². The van der Waals surface area contributed by atoms with Gasteiger partial charge in [-0.15, -0.1) is 0 Å². The zero-order valence-electron chi connectivity index (χ0n) is 48.0. The van der Waals surface area contributed by atoms with Gasteiger partial charge in [-0.25, -0.2) is 0 Å². The number of aliphatic hydroxyl groups excluding tert-OH is 1. The van der Waals surface area contributed by atoms with Crippen LogP contribution in [0.2, 0.25) is 0 Å². The Labute approximate surface area is 479 Å². The topological polar surface area (TPSA) is 298 Å². The molecule has 12 rings (SSSR count). The number of carbonyl (C=O) groups excluding carboxylic acids is 7. The molecule has 2 aliphatic heterocycles. The number of hydrogen-bond acceptors (Lipinski definition) is 14. The molecule has 6 aliphatic carbocycles. The number of anilines is 2. The number of fused-ring (bicyclic) bond motifs is 4. The third kappa shape index (κ3) is 11.4. The third-order valence-corrected chi connectivity index (χ3v) is 20.9. The number of ketones is 1. The van der Waals surface area contributed by atoms with Crippen molar-refractivity contribution >= 4 is 75.5 Å². The second-order valence-corrected chi connectivity index (χ2v) is 26.6. The van der Waals surface area contributed by atoms with Gasteiger partial charge in [0.25, 0.3) is 17.9 Å². The number of oxazole rings is 2. The number of benzene rings is 2. The molecule has 6 amide bonds. The molecule has 442 valence electrons. The molecule has 0 bridgehead atoms. The quantitative estimate of drug-likeness (QED) is 0.0460. The molecule has 2 aromatic heterocycles. The molecule has 11 atom stereocenters. The molecule has 2 saturated heterocycles. The van der Waals surface area contributed by atoms with E-state index >= 15 is 0 Å². The highest BCUT2D eigenvalue weighted by molar-refractivity contribution is 6.37. The van der Waals surface area contributed by atoms with Crippen molar-refractivity contribution in [1.82, 2.24) is 30.4 Å². The number of rotatable bonds is 20. The monoisotopic (exact) mass is 1130 g/mol. The van der Waals surface area contributed by atoms with Crippen molar-refractivity contribution in [2.75, 3.05) is 23.7 Å². The summed E-state index contributed by atoms with van der Waals surface area (Å²) in [5.41, 5.74) is 13.4. The first-order valence-corrected chi connectivity index (χ1v) is 30.6. The van der Waals surface area contributed by atoms with Gasteiger partial charge in [0.05, 0.1) is 12.1 Å². The minimum Gasteiger partial charge on any atom is -0.424 e. The summed E-state index contributed by atoms with van der Waals surface area (Å²) in [5, 5.41) is 23.1. The number of nitrogens with zero attached hydrogens (tertiary/aromatic N) is 4. The Bertz CT molecular complexity index is 2980. The van der Waals surface area contributed by atoms with Crippen LogP contribution in [-0.2, 0) is 33.6 Å². The van der Waals surface area contributed by atoms with E-state index in [1.54, 1.807) is 9.80 Å². The van der Waals surface area contributed by atoms with Crippen LogP contribution < -0.4 is 32.7 Å². The Hall–Kier alpha value is -6.57. The van der Waals surface area contributed by atoms with Gasteiger partial charge >= 0.3 is 0 Å². The summed E-state index contributed by atoms with van der Waals surface area (Å²) in [5.74, 6) is -2.40. The molecule has 9 N–H and O–H groups in total. The summed E-state index contributed by atoms with van der Waals surface area (Å²) in [4.78, 5) is 106. The number of para-hydroxylation sites is 4. The average Bonchev–Trinajstić information content (AvgIpc) is 3.71. The van der Waals surface area contributed by atoms with E-state index in [4.69, 9.17) is 20.3 Å². The number of likely N-dealkylation sites (tertiary alicyclic amines) is 2. The maximum Gasteiger partial charge on any atom is 0.296 e. The minimum absolute atomic E-state index is 0.0119. The van der Waals surface area contributed by atoms with Gasteiger partial charge in [0.2, 0.25) is 35.3 Å². The molecule has 2 aromatic carbocycles. The smallest absolute Gasteiger partial charge is 0.296 e. The lowest BCUT2D eigenvalue weighted by atomic mass is 9.79. The minimum atomic E-state index is -1.47. The lowest BCUT2D eigenvalue weighted by molar-refractivity contribution is -0.144. The van der Waals surface area contributed by atoms with Gasteiger partial charge in [0.15, 0.2) is 17.3 Å². The van der Waals surface area contributed by atoms with Crippen molar-refractivity contribution in [3.05, 3.63) is 48.5 Å². The molecule has 6 saturated carbocycles. The second-order valence-electron chi connectivity index (χ2n) is 26.6. The summed E-state index contributed by atoms with van der Waals surface area (Å²) in [6.45, 7) is 9.51. The van der Waals surface area contributed by atoms with E-state index in [0.29, 0.717) is 60.6 Å². The zero-order chi connectivity index (χ0) is 57.8. The first kappa shape index (κ1) is 57.3. The molecule has 8 aliphatic rings. The van der Waals surface area contributed by atoms with E-state index in [9.17, 15) is 38.7 Å². The predicted molar refractivity (Wildman–Crippen MR) is 306 cm³/mol. The van der Waals surface area contributed by atoms with Gasteiger partial charge in [0.1, 0.15) is 35.2 Å². The van der Waals surface area contributed by atoms with E-state index in [-0.39, 0.29) is 75.9 Å².